The standard InChI is InChI=1S/C7H13NO4/c1-7(2)11-4(3-8)5(12-7)6(9)10/h4-5H,3,8H2,1-2H3,(H,9,10)/t4-,5-/m0/s1. The molecule has 1 aliphatic heterocycles. The smallest absolute Gasteiger partial charge is 0.335 e. The van der Waals surface area contributed by atoms with E-state index in [-0.39, 0.29) is 6.54 Å². The third-order valence-corrected chi connectivity index (χ3v) is 1.66. The fraction of sp³-hybridized carbons (Fsp3) is 0.857. The molecule has 0 saturated carbocycles. The first-order chi connectivity index (χ1) is 5.46. The van der Waals surface area contributed by atoms with Gasteiger partial charge in [0.05, 0.1) is 0 Å². The number of hydrogen-bond donors (Lipinski definition) is 2. The van der Waals surface area contributed by atoms with Gasteiger partial charge in [0.25, 0.3) is 0 Å². The van der Waals surface area contributed by atoms with Crippen LogP contribution in [-0.4, -0.2) is 35.6 Å². The van der Waals surface area contributed by atoms with Gasteiger partial charge in [0.15, 0.2) is 11.9 Å². The van der Waals surface area contributed by atoms with Crippen LogP contribution < -0.4 is 5.73 Å². The zero-order valence-electron chi connectivity index (χ0n) is 7.11. The number of nitrogens with two attached hydrogens (primary N) is 1. The van der Waals surface area contributed by atoms with Crippen LogP contribution in [0.5, 0.6) is 0 Å². The number of carboxylic acid groups (broad SMARTS) is 1. The molecule has 0 bridgehead atoms. The highest BCUT2D eigenvalue weighted by Crippen LogP contribution is 2.27. The first kappa shape index (κ1) is 9.44. The van der Waals surface area contributed by atoms with Gasteiger partial charge in [-0.05, 0) is 13.8 Å². The predicted octanol–water partition coefficient (Wildman–Crippen LogP) is -0.450. The average molecular weight is 175 g/mol. The molecule has 0 radical (unpaired) electrons. The molecule has 5 nitrogen and oxygen atoms in total. The van der Waals surface area contributed by atoms with Crippen molar-refractivity contribution >= 4 is 5.97 Å². The van der Waals surface area contributed by atoms with E-state index in [9.17, 15) is 4.79 Å². The molecule has 1 heterocycles. The summed E-state index contributed by atoms with van der Waals surface area (Å²) in [5.41, 5.74) is 5.31. The summed E-state index contributed by atoms with van der Waals surface area (Å²) in [6.07, 6.45) is -1.48. The van der Waals surface area contributed by atoms with Gasteiger partial charge in [0.2, 0.25) is 0 Å². The SMILES string of the molecule is CC1(C)O[C@@H](CN)[C@@H](C(=O)O)O1. The van der Waals surface area contributed by atoms with E-state index in [0.717, 1.165) is 0 Å². The van der Waals surface area contributed by atoms with Gasteiger partial charge >= 0.3 is 5.97 Å². The molecule has 0 unspecified atom stereocenters. The van der Waals surface area contributed by atoms with Gasteiger partial charge < -0.3 is 20.3 Å². The van der Waals surface area contributed by atoms with Crippen molar-refractivity contribution in [3.8, 4) is 0 Å². The van der Waals surface area contributed by atoms with Gasteiger partial charge in [0, 0.05) is 6.54 Å². The van der Waals surface area contributed by atoms with Crippen molar-refractivity contribution in [2.24, 2.45) is 5.73 Å². The minimum atomic E-state index is -1.03. The summed E-state index contributed by atoms with van der Waals surface area (Å²) >= 11 is 0. The Kier molecular flexibility index (Phi) is 2.36. The van der Waals surface area contributed by atoms with E-state index in [1.165, 1.54) is 0 Å². The molecule has 0 spiro atoms. The molecule has 0 amide bonds. The number of carboxylic acids is 1. The highest BCUT2D eigenvalue weighted by molar-refractivity contribution is 5.73. The number of hydrogen-bond acceptors (Lipinski definition) is 4. The summed E-state index contributed by atoms with van der Waals surface area (Å²) in [5.74, 6) is -1.87. The number of carbonyl (C=O) groups is 1. The lowest BCUT2D eigenvalue weighted by Gasteiger charge is -2.15. The van der Waals surface area contributed by atoms with E-state index in [2.05, 4.69) is 0 Å². The molecular weight excluding hydrogens is 162 g/mol. The van der Waals surface area contributed by atoms with E-state index in [4.69, 9.17) is 20.3 Å². The zero-order chi connectivity index (χ0) is 9.35. The number of aliphatic carboxylic acids is 1. The summed E-state index contributed by atoms with van der Waals surface area (Å²) in [6, 6.07) is 0. The second-order valence-electron chi connectivity index (χ2n) is 3.17. The summed E-state index contributed by atoms with van der Waals surface area (Å²) in [7, 11) is 0. The molecule has 12 heavy (non-hydrogen) atoms. The summed E-state index contributed by atoms with van der Waals surface area (Å²) in [4.78, 5) is 10.6. The minimum Gasteiger partial charge on any atom is -0.479 e. The summed E-state index contributed by atoms with van der Waals surface area (Å²) in [6.45, 7) is 3.48. The average Bonchev–Trinajstić information content (AvgIpc) is 2.25. The second-order valence-corrected chi connectivity index (χ2v) is 3.17. The maximum Gasteiger partial charge on any atom is 0.335 e. The normalized spacial score (nSPS) is 33.6. The van der Waals surface area contributed by atoms with Crippen molar-refractivity contribution in [3.63, 3.8) is 0 Å². The van der Waals surface area contributed by atoms with Crippen molar-refractivity contribution in [1.29, 1.82) is 0 Å². The van der Waals surface area contributed by atoms with Gasteiger partial charge in [0.1, 0.15) is 6.10 Å². The van der Waals surface area contributed by atoms with Crippen LogP contribution in [0.25, 0.3) is 0 Å². The highest BCUT2D eigenvalue weighted by Gasteiger charge is 2.44. The van der Waals surface area contributed by atoms with E-state index in [1.807, 2.05) is 0 Å². The Labute approximate surface area is 70.4 Å². The van der Waals surface area contributed by atoms with Crippen LogP contribution >= 0.6 is 0 Å². The number of ether oxygens (including phenoxy) is 2. The molecule has 3 N–H and O–H groups in total. The Morgan fingerprint density at radius 3 is 2.50 bits per heavy atom. The monoisotopic (exact) mass is 175 g/mol. The lowest BCUT2D eigenvalue weighted by molar-refractivity contribution is -0.165. The largest absolute Gasteiger partial charge is 0.479 e. The van der Waals surface area contributed by atoms with Crippen LogP contribution in [0.15, 0.2) is 0 Å². The summed E-state index contributed by atoms with van der Waals surface area (Å²) in [5, 5.41) is 8.69. The third-order valence-electron chi connectivity index (χ3n) is 1.66. The van der Waals surface area contributed by atoms with E-state index in [1.54, 1.807) is 13.8 Å². The maximum atomic E-state index is 10.6. The van der Waals surface area contributed by atoms with Crippen LogP contribution in [0.4, 0.5) is 0 Å². The van der Waals surface area contributed by atoms with Gasteiger partial charge in [-0.2, -0.15) is 0 Å². The molecule has 0 aromatic rings. The number of rotatable bonds is 2. The van der Waals surface area contributed by atoms with Crippen LogP contribution in [0.1, 0.15) is 13.8 Å². The van der Waals surface area contributed by atoms with Gasteiger partial charge in [-0.3, -0.25) is 0 Å². The quantitative estimate of drug-likeness (QED) is 0.594. The lowest BCUT2D eigenvalue weighted by Crippen LogP contribution is -2.36. The van der Waals surface area contributed by atoms with E-state index < -0.39 is 24.0 Å². The van der Waals surface area contributed by atoms with Crippen molar-refractivity contribution in [1.82, 2.24) is 0 Å². The Morgan fingerprint density at radius 2 is 2.17 bits per heavy atom. The van der Waals surface area contributed by atoms with E-state index in [0.29, 0.717) is 0 Å². The Hall–Kier alpha value is -0.650. The molecule has 0 aromatic heterocycles. The molecule has 1 aliphatic rings. The van der Waals surface area contributed by atoms with Crippen LogP contribution in [0.2, 0.25) is 0 Å². The van der Waals surface area contributed by atoms with Crippen molar-refractivity contribution in [2.75, 3.05) is 6.54 Å². The molecule has 1 saturated heterocycles. The van der Waals surface area contributed by atoms with Gasteiger partial charge in [-0.1, -0.05) is 0 Å². The Bertz CT molecular complexity index is 192. The van der Waals surface area contributed by atoms with E-state index >= 15 is 0 Å². The maximum absolute atomic E-state index is 10.6. The minimum absolute atomic E-state index is 0.153. The Balaban J connectivity index is 2.69. The summed E-state index contributed by atoms with van der Waals surface area (Å²) < 4.78 is 10.4. The molecular formula is C7H13NO4. The second kappa shape index (κ2) is 3.01. The molecule has 1 rings (SSSR count). The molecule has 5 heteroatoms. The molecule has 0 aliphatic carbocycles. The van der Waals surface area contributed by atoms with Crippen LogP contribution in [0, 0.1) is 0 Å². The third kappa shape index (κ3) is 1.74. The van der Waals surface area contributed by atoms with Gasteiger partial charge in [-0.15, -0.1) is 0 Å². The fourth-order valence-corrected chi connectivity index (χ4v) is 1.22. The van der Waals surface area contributed by atoms with Crippen LogP contribution in [-0.2, 0) is 14.3 Å². The topological polar surface area (TPSA) is 81.8 Å². The van der Waals surface area contributed by atoms with Crippen molar-refractivity contribution in [2.45, 2.75) is 31.8 Å². The van der Waals surface area contributed by atoms with Gasteiger partial charge in [-0.25, -0.2) is 4.79 Å². The highest BCUT2D eigenvalue weighted by atomic mass is 16.8. The van der Waals surface area contributed by atoms with Crippen molar-refractivity contribution < 1.29 is 19.4 Å². The molecule has 2 atom stereocenters. The molecule has 70 valence electrons. The predicted molar refractivity (Wildman–Crippen MR) is 40.5 cm³/mol. The fourth-order valence-electron chi connectivity index (χ4n) is 1.22. The zero-order valence-corrected chi connectivity index (χ0v) is 7.11. The van der Waals surface area contributed by atoms with Crippen molar-refractivity contribution in [3.05, 3.63) is 0 Å². The first-order valence-electron chi connectivity index (χ1n) is 3.75. The molecule has 1 fully saturated rings. The first-order valence-corrected chi connectivity index (χ1v) is 3.75. The lowest BCUT2D eigenvalue weighted by atomic mass is 10.2. The van der Waals surface area contributed by atoms with Crippen LogP contribution in [0.3, 0.4) is 0 Å². The molecule has 0 aromatic carbocycles. The Morgan fingerprint density at radius 1 is 1.58 bits per heavy atom.